The molecule has 2 atom stereocenters. The van der Waals surface area contributed by atoms with E-state index in [0.29, 0.717) is 70.0 Å². The quantitative estimate of drug-likeness (QED) is 0.0303. The summed E-state index contributed by atoms with van der Waals surface area (Å²) in [6.45, 7) is 21.9. The lowest BCUT2D eigenvalue weighted by Crippen LogP contribution is -2.44. The van der Waals surface area contributed by atoms with E-state index in [-0.39, 0.29) is 60.2 Å². The largest absolute Gasteiger partial charge is 0.394 e. The van der Waals surface area contributed by atoms with Crippen molar-refractivity contribution in [3.8, 4) is 50.4 Å². The van der Waals surface area contributed by atoms with Crippen LogP contribution in [0.4, 0.5) is 13.2 Å². The fraction of sp³-hybridized carbons (Fsp3) is 0.340. The van der Waals surface area contributed by atoms with Crippen molar-refractivity contribution in [2.24, 2.45) is 15.0 Å². The summed E-state index contributed by atoms with van der Waals surface area (Å²) >= 11 is 0. The van der Waals surface area contributed by atoms with Gasteiger partial charge in [0.15, 0.2) is 5.78 Å². The van der Waals surface area contributed by atoms with Crippen molar-refractivity contribution < 1.29 is 61.8 Å². The lowest BCUT2D eigenvalue weighted by atomic mass is 9.84. The topological polar surface area (TPSA) is 231 Å². The van der Waals surface area contributed by atoms with Crippen LogP contribution in [0.15, 0.2) is 197 Å². The SMILES string of the molecule is COCC(C)(C)c1c(-c2ccc(C(=O)CCCN3CCN(C)CC3)cc2)c2cc3c(cc2n1-c1ccc(F)cc1)C=NC3.COCC(C)(C)c1c(-c2ccc(C(=O)NCC(O)CO)cc2)c2cc3c(cc2n1-c1ccc(F)cc1)C=NC3.COCC(C)(C)c1c(-c2ccc(C(=O)NCC3(O)CCOC3)cc2)c2cc3c(cc2n1-c1ccc(F)cc1)C=NC3. The second-order valence-electron chi connectivity index (χ2n) is 34.8. The zero-order valence-electron chi connectivity index (χ0n) is 71.5. The maximum atomic E-state index is 14.0. The third-order valence-corrected chi connectivity index (χ3v) is 24.1. The first-order chi connectivity index (χ1) is 59.2. The monoisotopic (exact) mass is 1660 g/mol. The van der Waals surface area contributed by atoms with Gasteiger partial charge >= 0.3 is 0 Å². The summed E-state index contributed by atoms with van der Waals surface area (Å²) in [6, 6.07) is 55.8. The normalized spacial score (nSPS) is 15.9. The first-order valence-electron chi connectivity index (χ1n) is 42.0. The number of carbonyl (C=O) groups excluding carboxylic acids is 3. The van der Waals surface area contributed by atoms with Gasteiger partial charge in [-0.25, -0.2) is 13.2 Å². The van der Waals surface area contributed by atoms with Crippen LogP contribution in [0.1, 0.15) is 142 Å². The van der Waals surface area contributed by atoms with Gasteiger partial charge in [0.25, 0.3) is 11.8 Å². The van der Waals surface area contributed by atoms with Gasteiger partial charge in [0.05, 0.1) is 75.3 Å². The number of amides is 2. The Hall–Kier alpha value is -11.4. The van der Waals surface area contributed by atoms with Crippen molar-refractivity contribution in [3.05, 3.63) is 267 Å². The van der Waals surface area contributed by atoms with E-state index >= 15 is 0 Å². The Labute approximate surface area is 715 Å². The number of Topliss-reactive ketones (excluding diaryl/α,β-unsaturated/α-hetero) is 1. The van der Waals surface area contributed by atoms with Crippen LogP contribution < -0.4 is 10.6 Å². The van der Waals surface area contributed by atoms with Gasteiger partial charge in [-0.3, -0.25) is 29.4 Å². The van der Waals surface area contributed by atoms with Crippen LogP contribution in [-0.2, 0) is 54.8 Å². The fourth-order valence-corrected chi connectivity index (χ4v) is 17.9. The van der Waals surface area contributed by atoms with Crippen LogP contribution >= 0.6 is 0 Å². The van der Waals surface area contributed by atoms with E-state index in [0.717, 1.165) is 173 Å². The zero-order chi connectivity index (χ0) is 86.7. The Bertz CT molecular complexity index is 5980. The summed E-state index contributed by atoms with van der Waals surface area (Å²) in [5.74, 6) is -1.27. The average molecular weight is 1670 g/mol. The lowest BCUT2D eigenvalue weighted by Gasteiger charge is -2.32. The van der Waals surface area contributed by atoms with Gasteiger partial charge in [-0.2, -0.15) is 0 Å². The van der Waals surface area contributed by atoms with Gasteiger partial charge in [-0.1, -0.05) is 90.1 Å². The van der Waals surface area contributed by atoms with Crippen molar-refractivity contribution >= 4 is 69.0 Å². The van der Waals surface area contributed by atoms with Crippen LogP contribution in [0.3, 0.4) is 0 Å². The number of rotatable bonds is 27. The number of nitrogens with one attached hydrogen (secondary N) is 2. The van der Waals surface area contributed by atoms with Crippen LogP contribution in [0.25, 0.3) is 83.2 Å². The molecule has 8 heterocycles. The summed E-state index contributed by atoms with van der Waals surface area (Å²) in [5.41, 5.74) is 20.9. The number of aliphatic imine (C=N–C) groups is 3. The molecule has 123 heavy (non-hydrogen) atoms. The molecule has 5 aliphatic heterocycles. The number of piperazine rings is 1. The first-order valence-corrected chi connectivity index (χ1v) is 42.0. The molecule has 2 unspecified atom stereocenters. The highest BCUT2D eigenvalue weighted by Crippen LogP contribution is 2.49. The molecule has 12 aromatic rings. The van der Waals surface area contributed by atoms with Crippen LogP contribution in [0, 0.1) is 17.5 Å². The molecule has 23 heteroatoms. The molecule has 0 aliphatic carbocycles. The molecule has 0 bridgehead atoms. The molecule has 2 fully saturated rings. The number of aliphatic hydroxyl groups excluding tert-OH is 2. The fourth-order valence-electron chi connectivity index (χ4n) is 17.9. The molecule has 17 rings (SSSR count). The van der Waals surface area contributed by atoms with Crippen molar-refractivity contribution in [1.29, 1.82) is 0 Å². The number of ketones is 1. The smallest absolute Gasteiger partial charge is 0.251 e. The minimum absolute atomic E-state index is 0.0369. The highest BCUT2D eigenvalue weighted by atomic mass is 19.1. The molecule has 9 aromatic carbocycles. The first kappa shape index (κ1) is 86.6. The van der Waals surface area contributed by atoms with Gasteiger partial charge in [-0.15, -0.1) is 0 Å². The van der Waals surface area contributed by atoms with Gasteiger partial charge in [-0.05, 0) is 204 Å². The van der Waals surface area contributed by atoms with E-state index in [1.54, 1.807) is 57.7 Å². The second kappa shape index (κ2) is 36.6. The zero-order valence-corrected chi connectivity index (χ0v) is 71.5. The molecule has 5 N–H and O–H groups in total. The molecule has 638 valence electrons. The highest BCUT2D eigenvalue weighted by Gasteiger charge is 2.38. The summed E-state index contributed by atoms with van der Waals surface area (Å²) in [7, 11) is 7.26. The summed E-state index contributed by atoms with van der Waals surface area (Å²) in [6.07, 6.45) is 6.63. The Morgan fingerprint density at radius 1 is 0.504 bits per heavy atom. The molecule has 5 aliphatic rings. The number of ether oxygens (including phenoxy) is 4. The number of carbonyl (C=O) groups is 3. The number of aromatic nitrogens is 3. The predicted molar refractivity (Wildman–Crippen MR) is 480 cm³/mol. The van der Waals surface area contributed by atoms with E-state index in [1.807, 2.05) is 79.3 Å². The Morgan fingerprint density at radius 2 is 0.862 bits per heavy atom. The second-order valence-corrected chi connectivity index (χ2v) is 34.8. The molecule has 0 spiro atoms. The molecular weight excluding hydrogens is 1560 g/mol. The minimum Gasteiger partial charge on any atom is -0.394 e. The third kappa shape index (κ3) is 18.4. The summed E-state index contributed by atoms with van der Waals surface area (Å²) < 4.78 is 70.9. The Morgan fingerprint density at radius 3 is 1.20 bits per heavy atom. The number of fused-ring (bicyclic) bond motifs is 6. The third-order valence-electron chi connectivity index (χ3n) is 24.1. The van der Waals surface area contributed by atoms with E-state index in [9.17, 15) is 37.8 Å². The van der Waals surface area contributed by atoms with E-state index in [2.05, 4.69) is 146 Å². The Kier molecular flexibility index (Phi) is 25.8. The Balaban J connectivity index is 0.000000143. The van der Waals surface area contributed by atoms with E-state index in [4.69, 9.17) is 24.1 Å². The van der Waals surface area contributed by atoms with Crippen molar-refractivity contribution in [2.75, 3.05) is 114 Å². The average Bonchev–Trinajstić information content (AvgIpc) is 1.58. The maximum absolute atomic E-state index is 14.0. The van der Waals surface area contributed by atoms with Gasteiger partial charge < -0.3 is 68.4 Å². The number of halogens is 3. The lowest BCUT2D eigenvalue weighted by molar-refractivity contribution is 0.0264. The number of benzene rings is 9. The molecule has 20 nitrogen and oxygen atoms in total. The van der Waals surface area contributed by atoms with E-state index in [1.165, 1.54) is 42.0 Å². The van der Waals surface area contributed by atoms with Crippen LogP contribution in [0.5, 0.6) is 0 Å². The highest BCUT2D eigenvalue weighted by molar-refractivity contribution is 6.08. The predicted octanol–water partition coefficient (Wildman–Crippen LogP) is 16.1. The molecular formula is C100H107F3N10O10. The minimum atomic E-state index is -1.02. The number of likely N-dealkylation sites (N-methyl/N-ethyl adjacent to an activating group) is 1. The van der Waals surface area contributed by atoms with Crippen molar-refractivity contribution in [3.63, 3.8) is 0 Å². The van der Waals surface area contributed by atoms with Gasteiger partial charge in [0.2, 0.25) is 0 Å². The summed E-state index contributed by atoms with van der Waals surface area (Å²) in [4.78, 5) is 57.0. The molecule has 0 saturated carbocycles. The number of aliphatic hydroxyl groups is 3. The maximum Gasteiger partial charge on any atom is 0.251 e. The number of methoxy groups -OCH3 is 3. The number of hydrogen-bond donors (Lipinski definition) is 5. The molecule has 0 radical (unpaired) electrons. The van der Waals surface area contributed by atoms with Crippen LogP contribution in [-0.4, -0.2) is 201 Å². The van der Waals surface area contributed by atoms with Crippen molar-refractivity contribution in [1.82, 2.24) is 34.1 Å². The van der Waals surface area contributed by atoms with Gasteiger partial charge in [0, 0.05) is 199 Å². The van der Waals surface area contributed by atoms with Crippen molar-refractivity contribution in [2.45, 2.75) is 108 Å². The number of nitrogens with zero attached hydrogens (tertiary/aromatic N) is 8. The van der Waals surface area contributed by atoms with E-state index < -0.39 is 29.1 Å². The standard InChI is InChI=1S/C36H41FN4O2.C33H34FN3O4.C31H32FN3O4/c1-36(2,24-43-4)35-34(26-9-7-25(8-10-26)33(42)6-5-15-40-18-16-39(3)17-19-40)31-20-27-22-38-23-28(27)21-32(31)41(35)30-13-11-29(37)12-14-30;1-32(2,19-40-3)30-29(21-4-6-22(7-5-21)31(38)36-18-33(39)12-13-41-20-33)27-14-23-16-35-17-24(23)15-28(27)37(30)26-10-8-25(34)9-11-26;1-31(2,18-39-3)29-28(19-4-6-20(7-5-19)30(38)34-16-25(37)17-36)26-12-21-14-33-15-22(21)13-27(26)35(29)24-10-8-23(32)9-11-24/h7-14,20-21,23H,5-6,15-19,22,24H2,1-4H3;4-11,14-15,17,39H,12-13,16,18-20H2,1-3H3,(H,36,38);4-13,15,25,36-37H,14,16-18H2,1-3H3,(H,34,38). The van der Waals surface area contributed by atoms with Gasteiger partial charge in [0.1, 0.15) is 23.1 Å². The number of hydrogen-bond acceptors (Lipinski definition) is 15. The summed E-state index contributed by atoms with van der Waals surface area (Å²) in [5, 5.41) is 37.8. The molecule has 3 aromatic heterocycles. The molecule has 2 saturated heterocycles. The van der Waals surface area contributed by atoms with Crippen LogP contribution in [0.2, 0.25) is 0 Å². The molecule has 2 amide bonds.